The van der Waals surface area contributed by atoms with Gasteiger partial charge in [0.25, 0.3) is 0 Å². The lowest BCUT2D eigenvalue weighted by atomic mass is 10.0. The van der Waals surface area contributed by atoms with Crippen LogP contribution in [0.1, 0.15) is 98.9 Å². The Morgan fingerprint density at radius 2 is 1.00 bits per heavy atom. The smallest absolute Gasteiger partial charge is 0.121 e. The van der Waals surface area contributed by atoms with E-state index in [1.54, 1.807) is 0 Å². The van der Waals surface area contributed by atoms with Gasteiger partial charge in [0.2, 0.25) is 0 Å². The van der Waals surface area contributed by atoms with E-state index in [9.17, 15) is 0 Å². The van der Waals surface area contributed by atoms with Crippen molar-refractivity contribution in [2.75, 3.05) is 27.4 Å². The van der Waals surface area contributed by atoms with Crippen LogP contribution in [0.5, 0.6) is 0 Å². The van der Waals surface area contributed by atoms with Crippen LogP contribution in [-0.2, 0) is 19.4 Å². The molecule has 4 rings (SSSR count). The van der Waals surface area contributed by atoms with Gasteiger partial charge < -0.3 is 19.4 Å². The lowest BCUT2D eigenvalue weighted by Crippen LogP contribution is -2.06. The standard InChI is InChI=1S/C20H26N4O2.C20H24N4O2/c2*1-14(18-9-7-11-20(22-18)16(3)23-25-5)12-13-26-24-17(4)19-10-6-8-15(2)21-19/h6-11,14H,12-13H2,1-5H3;6-11H,1,12-13H2,2-5H3/b2*23-16+,24-17+. The summed E-state index contributed by atoms with van der Waals surface area (Å²) in [6.07, 6.45) is 1.43. The van der Waals surface area contributed by atoms with Crippen molar-refractivity contribution in [3.05, 3.63) is 125 Å². The topological polar surface area (TPSA) is 138 Å². The Hall–Kier alpha value is -5.78. The molecule has 0 aromatic carbocycles. The van der Waals surface area contributed by atoms with Gasteiger partial charge in [-0.2, -0.15) is 0 Å². The van der Waals surface area contributed by atoms with E-state index in [0.717, 1.165) is 74.7 Å². The molecule has 1 unspecified atom stereocenters. The Morgan fingerprint density at radius 1 is 0.577 bits per heavy atom. The largest absolute Gasteiger partial charge is 0.399 e. The summed E-state index contributed by atoms with van der Waals surface area (Å²) in [5.41, 5.74) is 10.8. The molecule has 0 saturated heterocycles. The predicted molar refractivity (Wildman–Crippen MR) is 208 cm³/mol. The maximum Gasteiger partial charge on any atom is 0.121 e. The van der Waals surface area contributed by atoms with Crippen LogP contribution in [0, 0.1) is 13.8 Å². The highest BCUT2D eigenvalue weighted by Crippen LogP contribution is 2.18. The second-order valence-corrected chi connectivity index (χ2v) is 12.0. The summed E-state index contributed by atoms with van der Waals surface area (Å²) in [7, 11) is 3.04. The summed E-state index contributed by atoms with van der Waals surface area (Å²) in [6, 6.07) is 23.3. The number of aryl methyl sites for hydroxylation is 2. The van der Waals surface area contributed by atoms with Crippen molar-refractivity contribution < 1.29 is 19.4 Å². The number of hydrogen-bond acceptors (Lipinski definition) is 12. The average molecular weight is 707 g/mol. The second-order valence-electron chi connectivity index (χ2n) is 12.0. The monoisotopic (exact) mass is 706 g/mol. The fraction of sp³-hybridized carbons (Fsp3) is 0.350. The minimum Gasteiger partial charge on any atom is -0.399 e. The first-order valence-electron chi connectivity index (χ1n) is 17.0. The van der Waals surface area contributed by atoms with E-state index in [0.29, 0.717) is 25.3 Å². The van der Waals surface area contributed by atoms with E-state index in [2.05, 4.69) is 54.1 Å². The van der Waals surface area contributed by atoms with Crippen molar-refractivity contribution in [3.8, 4) is 0 Å². The molecule has 4 aromatic rings. The van der Waals surface area contributed by atoms with Gasteiger partial charge in [0.15, 0.2) is 0 Å². The maximum absolute atomic E-state index is 5.47. The van der Waals surface area contributed by atoms with Crippen LogP contribution < -0.4 is 0 Å². The van der Waals surface area contributed by atoms with Crippen molar-refractivity contribution in [1.29, 1.82) is 0 Å². The minimum absolute atomic E-state index is 0.248. The van der Waals surface area contributed by atoms with Crippen LogP contribution >= 0.6 is 0 Å². The van der Waals surface area contributed by atoms with Gasteiger partial charge in [-0.05, 0) is 102 Å². The molecule has 0 N–H and O–H groups in total. The molecular formula is C40H50N8O4. The summed E-state index contributed by atoms with van der Waals surface area (Å²) >= 11 is 0. The molecule has 1 atom stereocenters. The van der Waals surface area contributed by atoms with E-state index in [1.165, 1.54) is 14.2 Å². The first-order chi connectivity index (χ1) is 25.0. The van der Waals surface area contributed by atoms with Gasteiger partial charge in [-0.1, -0.05) is 58.4 Å². The number of rotatable bonds is 16. The Bertz CT molecular complexity index is 1890. The van der Waals surface area contributed by atoms with Gasteiger partial charge in [0.1, 0.15) is 50.3 Å². The summed E-state index contributed by atoms with van der Waals surface area (Å²) in [6.45, 7) is 18.5. The van der Waals surface area contributed by atoms with Crippen molar-refractivity contribution in [1.82, 2.24) is 19.9 Å². The quantitative estimate of drug-likeness (QED) is 0.0648. The number of oxime groups is 4. The lowest BCUT2D eigenvalue weighted by molar-refractivity contribution is 0.137. The third-order valence-corrected chi connectivity index (χ3v) is 7.64. The Labute approximate surface area is 307 Å². The van der Waals surface area contributed by atoms with Crippen LogP contribution in [0.25, 0.3) is 5.57 Å². The van der Waals surface area contributed by atoms with Crippen LogP contribution in [0.15, 0.2) is 100.0 Å². The van der Waals surface area contributed by atoms with Gasteiger partial charge in [-0.3, -0.25) is 15.0 Å². The van der Waals surface area contributed by atoms with Crippen molar-refractivity contribution in [2.45, 2.75) is 67.2 Å². The molecule has 0 bridgehead atoms. The molecule has 4 heterocycles. The number of nitrogens with zero attached hydrogens (tertiary/aromatic N) is 8. The molecule has 274 valence electrons. The van der Waals surface area contributed by atoms with E-state index in [1.807, 2.05) is 114 Å². The van der Waals surface area contributed by atoms with E-state index in [4.69, 9.17) is 19.4 Å². The second kappa shape index (κ2) is 21.4. The molecule has 12 nitrogen and oxygen atoms in total. The van der Waals surface area contributed by atoms with E-state index in [-0.39, 0.29) is 5.92 Å². The van der Waals surface area contributed by atoms with E-state index >= 15 is 0 Å². The molecule has 0 aliphatic heterocycles. The van der Waals surface area contributed by atoms with Gasteiger partial charge in [0, 0.05) is 29.4 Å². The number of aromatic nitrogens is 4. The third-order valence-electron chi connectivity index (χ3n) is 7.64. The van der Waals surface area contributed by atoms with Crippen LogP contribution in [0.2, 0.25) is 0 Å². The van der Waals surface area contributed by atoms with Gasteiger partial charge in [-0.25, -0.2) is 4.98 Å². The first-order valence-corrected chi connectivity index (χ1v) is 17.0. The van der Waals surface area contributed by atoms with Crippen LogP contribution in [0.3, 0.4) is 0 Å². The summed E-state index contributed by atoms with van der Waals surface area (Å²) in [4.78, 5) is 38.5. The molecular weight excluding hydrogens is 656 g/mol. The molecule has 0 aliphatic carbocycles. The van der Waals surface area contributed by atoms with Crippen molar-refractivity contribution >= 4 is 28.4 Å². The lowest BCUT2D eigenvalue weighted by Gasteiger charge is -2.11. The summed E-state index contributed by atoms with van der Waals surface area (Å²) < 4.78 is 0. The minimum atomic E-state index is 0.248. The Morgan fingerprint density at radius 3 is 1.52 bits per heavy atom. The van der Waals surface area contributed by atoms with Gasteiger partial charge in [-0.15, -0.1) is 0 Å². The van der Waals surface area contributed by atoms with Crippen molar-refractivity contribution in [3.63, 3.8) is 0 Å². The molecule has 0 saturated carbocycles. The Balaban J connectivity index is 0.000000280. The highest BCUT2D eigenvalue weighted by atomic mass is 16.6. The molecule has 0 radical (unpaired) electrons. The maximum atomic E-state index is 5.47. The first kappa shape index (κ1) is 40.6. The van der Waals surface area contributed by atoms with Crippen LogP contribution in [-0.4, -0.2) is 70.2 Å². The highest BCUT2D eigenvalue weighted by Gasteiger charge is 2.10. The molecule has 0 amide bonds. The summed E-state index contributed by atoms with van der Waals surface area (Å²) in [5.74, 6) is 0.248. The third kappa shape index (κ3) is 13.5. The highest BCUT2D eigenvalue weighted by molar-refractivity contribution is 5.98. The molecule has 0 spiro atoms. The number of pyridine rings is 4. The Kier molecular flexibility index (Phi) is 16.8. The molecule has 0 fully saturated rings. The van der Waals surface area contributed by atoms with E-state index < -0.39 is 0 Å². The molecule has 0 aliphatic rings. The summed E-state index contributed by atoms with van der Waals surface area (Å²) in [5, 5.41) is 16.1. The van der Waals surface area contributed by atoms with Crippen molar-refractivity contribution in [2.24, 2.45) is 20.6 Å². The molecule has 4 aromatic heterocycles. The van der Waals surface area contributed by atoms with Crippen LogP contribution in [0.4, 0.5) is 0 Å². The molecule has 52 heavy (non-hydrogen) atoms. The zero-order chi connectivity index (χ0) is 37.9. The zero-order valence-corrected chi connectivity index (χ0v) is 31.8. The fourth-order valence-electron chi connectivity index (χ4n) is 4.67. The zero-order valence-electron chi connectivity index (χ0n) is 31.8. The average Bonchev–Trinajstić information content (AvgIpc) is 3.15. The SMILES string of the molecule is C=C(CCO/N=C(\C)c1cccc(C)n1)c1cccc(/C(C)=N/OC)n1.CO/N=C(\C)c1cccc(C(C)CCO/N=C(\C)c2cccc(C)n2)n1. The fourth-order valence-corrected chi connectivity index (χ4v) is 4.67. The van der Waals surface area contributed by atoms with Gasteiger partial charge in [0.05, 0.1) is 28.5 Å². The normalized spacial score (nSPS) is 12.7. The predicted octanol–water partition coefficient (Wildman–Crippen LogP) is 8.09. The molecule has 12 heteroatoms. The number of hydrogen-bond donors (Lipinski definition) is 0. The van der Waals surface area contributed by atoms with Gasteiger partial charge >= 0.3 is 0 Å².